The fourth-order valence-corrected chi connectivity index (χ4v) is 3.50. The van der Waals surface area contributed by atoms with Gasteiger partial charge in [-0.3, -0.25) is 19.4 Å². The van der Waals surface area contributed by atoms with Crippen LogP contribution in [0.4, 0.5) is 0 Å². The van der Waals surface area contributed by atoms with E-state index in [1.165, 1.54) is 4.90 Å². The van der Waals surface area contributed by atoms with Gasteiger partial charge < -0.3 is 5.32 Å². The third-order valence-electron chi connectivity index (χ3n) is 4.98. The number of amides is 2. The van der Waals surface area contributed by atoms with Crippen LogP contribution < -0.4 is 5.32 Å². The highest BCUT2D eigenvalue weighted by Crippen LogP contribution is 2.32. The topological polar surface area (TPSA) is 52.7 Å². The highest BCUT2D eigenvalue weighted by atomic mass is 16.2. The second-order valence-electron chi connectivity index (χ2n) is 7.69. The van der Waals surface area contributed by atoms with Crippen molar-refractivity contribution in [1.82, 2.24) is 15.1 Å². The van der Waals surface area contributed by atoms with Crippen LogP contribution in [0.3, 0.4) is 0 Å². The predicted molar refractivity (Wildman–Crippen MR) is 80.8 cm³/mol. The SMILES string of the molecule is CC(C)(C)N1CCC(NC2CC(=O)N(C3CC3)C2=O)CC1. The largest absolute Gasteiger partial charge is 0.303 e. The second-order valence-corrected chi connectivity index (χ2v) is 7.69. The van der Waals surface area contributed by atoms with Gasteiger partial charge in [0.2, 0.25) is 11.8 Å². The lowest BCUT2D eigenvalue weighted by atomic mass is 9.97. The monoisotopic (exact) mass is 293 g/mol. The van der Waals surface area contributed by atoms with E-state index in [1.54, 1.807) is 0 Å². The molecule has 3 aliphatic rings. The molecule has 1 N–H and O–H groups in total. The van der Waals surface area contributed by atoms with Crippen LogP contribution in [0.5, 0.6) is 0 Å². The maximum atomic E-state index is 12.3. The minimum atomic E-state index is -0.274. The molecule has 2 saturated heterocycles. The zero-order valence-corrected chi connectivity index (χ0v) is 13.4. The van der Waals surface area contributed by atoms with E-state index in [0.717, 1.165) is 38.8 Å². The molecule has 0 spiro atoms. The number of rotatable bonds is 3. The lowest BCUT2D eigenvalue weighted by Crippen LogP contribution is -2.52. The number of carbonyl (C=O) groups is 2. The Morgan fingerprint density at radius 1 is 1.05 bits per heavy atom. The molecule has 0 radical (unpaired) electrons. The molecule has 2 aliphatic heterocycles. The maximum absolute atomic E-state index is 12.3. The summed E-state index contributed by atoms with van der Waals surface area (Å²) >= 11 is 0. The molecule has 1 atom stereocenters. The van der Waals surface area contributed by atoms with Crippen LogP contribution in [0, 0.1) is 0 Å². The molecular formula is C16H27N3O2. The van der Waals surface area contributed by atoms with Gasteiger partial charge in [0.15, 0.2) is 0 Å². The molecule has 21 heavy (non-hydrogen) atoms. The van der Waals surface area contributed by atoms with Crippen molar-refractivity contribution in [3.8, 4) is 0 Å². The summed E-state index contributed by atoms with van der Waals surface area (Å²) in [4.78, 5) is 28.3. The van der Waals surface area contributed by atoms with Crippen molar-refractivity contribution in [3.63, 3.8) is 0 Å². The first-order chi connectivity index (χ1) is 9.86. The van der Waals surface area contributed by atoms with Gasteiger partial charge in [0.1, 0.15) is 0 Å². The van der Waals surface area contributed by atoms with Crippen LogP contribution in [0.25, 0.3) is 0 Å². The number of hydrogen-bond donors (Lipinski definition) is 1. The van der Waals surface area contributed by atoms with Gasteiger partial charge in [-0.2, -0.15) is 0 Å². The summed E-state index contributed by atoms with van der Waals surface area (Å²) in [5, 5.41) is 3.44. The van der Waals surface area contributed by atoms with E-state index < -0.39 is 0 Å². The Morgan fingerprint density at radius 2 is 1.67 bits per heavy atom. The Kier molecular flexibility index (Phi) is 3.82. The fraction of sp³-hybridized carbons (Fsp3) is 0.875. The van der Waals surface area contributed by atoms with Gasteiger partial charge in [0.05, 0.1) is 12.5 Å². The first-order valence-electron chi connectivity index (χ1n) is 8.23. The molecule has 0 aromatic heterocycles. The van der Waals surface area contributed by atoms with Crippen molar-refractivity contribution in [1.29, 1.82) is 0 Å². The fourth-order valence-electron chi connectivity index (χ4n) is 3.50. The van der Waals surface area contributed by atoms with Crippen molar-refractivity contribution in [2.24, 2.45) is 0 Å². The van der Waals surface area contributed by atoms with Gasteiger partial charge >= 0.3 is 0 Å². The standard InChI is InChI=1S/C16H27N3O2/c1-16(2,3)18-8-6-11(7-9-18)17-13-10-14(20)19(15(13)21)12-4-5-12/h11-13,17H,4-10H2,1-3H3. The molecule has 5 nitrogen and oxygen atoms in total. The summed E-state index contributed by atoms with van der Waals surface area (Å²) in [5.41, 5.74) is 0.215. The van der Waals surface area contributed by atoms with Gasteiger partial charge in [-0.25, -0.2) is 0 Å². The molecule has 0 aromatic rings. The van der Waals surface area contributed by atoms with E-state index in [2.05, 4.69) is 31.0 Å². The Hall–Kier alpha value is -0.940. The minimum absolute atomic E-state index is 0.0146. The Morgan fingerprint density at radius 3 is 2.19 bits per heavy atom. The van der Waals surface area contributed by atoms with Crippen molar-refractivity contribution in [2.45, 2.75) is 76.5 Å². The first-order valence-corrected chi connectivity index (χ1v) is 8.23. The van der Waals surface area contributed by atoms with E-state index in [0.29, 0.717) is 12.5 Å². The number of nitrogens with zero attached hydrogens (tertiary/aromatic N) is 2. The minimum Gasteiger partial charge on any atom is -0.303 e. The van der Waals surface area contributed by atoms with Gasteiger partial charge in [-0.05, 0) is 46.5 Å². The van der Waals surface area contributed by atoms with Crippen molar-refractivity contribution >= 4 is 11.8 Å². The molecule has 0 aromatic carbocycles. The Balaban J connectivity index is 1.52. The van der Waals surface area contributed by atoms with Gasteiger partial charge in [-0.15, -0.1) is 0 Å². The summed E-state index contributed by atoms with van der Waals surface area (Å²) in [6.45, 7) is 8.85. The zero-order chi connectivity index (χ0) is 15.2. The lowest BCUT2D eigenvalue weighted by Gasteiger charge is -2.41. The summed E-state index contributed by atoms with van der Waals surface area (Å²) in [7, 11) is 0. The molecule has 0 bridgehead atoms. The molecule has 1 saturated carbocycles. The van der Waals surface area contributed by atoms with Crippen molar-refractivity contribution < 1.29 is 9.59 Å². The molecule has 3 fully saturated rings. The first kappa shape index (κ1) is 15.0. The summed E-state index contributed by atoms with van der Waals surface area (Å²) in [6.07, 6.45) is 4.45. The smallest absolute Gasteiger partial charge is 0.247 e. The highest BCUT2D eigenvalue weighted by molar-refractivity contribution is 6.06. The van der Waals surface area contributed by atoms with Gasteiger partial charge in [0.25, 0.3) is 0 Å². The third-order valence-corrected chi connectivity index (χ3v) is 4.98. The second kappa shape index (κ2) is 5.36. The quantitative estimate of drug-likeness (QED) is 0.793. The maximum Gasteiger partial charge on any atom is 0.247 e. The Bertz CT molecular complexity index is 431. The molecule has 2 heterocycles. The van der Waals surface area contributed by atoms with Crippen LogP contribution in [-0.4, -0.2) is 58.4 Å². The number of carbonyl (C=O) groups excluding carboxylic acids is 2. The van der Waals surface area contributed by atoms with E-state index in [9.17, 15) is 9.59 Å². The van der Waals surface area contributed by atoms with Crippen molar-refractivity contribution in [3.05, 3.63) is 0 Å². The van der Waals surface area contributed by atoms with Crippen LogP contribution in [0.15, 0.2) is 0 Å². The van der Waals surface area contributed by atoms with Crippen LogP contribution >= 0.6 is 0 Å². The van der Waals surface area contributed by atoms with Crippen LogP contribution in [0.2, 0.25) is 0 Å². The van der Waals surface area contributed by atoms with E-state index in [4.69, 9.17) is 0 Å². The van der Waals surface area contributed by atoms with Crippen LogP contribution in [-0.2, 0) is 9.59 Å². The summed E-state index contributed by atoms with van der Waals surface area (Å²) in [5.74, 6) is 0.0351. The average Bonchev–Trinajstić information content (AvgIpc) is 3.18. The predicted octanol–water partition coefficient (Wildman–Crippen LogP) is 1.13. The molecule has 118 valence electrons. The summed E-state index contributed by atoms with van der Waals surface area (Å²) < 4.78 is 0. The van der Waals surface area contributed by atoms with Gasteiger partial charge in [-0.1, -0.05) is 0 Å². The molecule has 2 amide bonds. The number of nitrogens with one attached hydrogen (secondary N) is 1. The van der Waals surface area contributed by atoms with Crippen molar-refractivity contribution in [2.75, 3.05) is 13.1 Å². The molecule has 5 heteroatoms. The molecular weight excluding hydrogens is 266 g/mol. The number of likely N-dealkylation sites (tertiary alicyclic amines) is 2. The van der Waals surface area contributed by atoms with E-state index in [1.807, 2.05) is 0 Å². The van der Waals surface area contributed by atoms with E-state index in [-0.39, 0.29) is 29.4 Å². The molecule has 1 aliphatic carbocycles. The average molecular weight is 293 g/mol. The molecule has 1 unspecified atom stereocenters. The molecule has 3 rings (SSSR count). The van der Waals surface area contributed by atoms with Crippen LogP contribution in [0.1, 0.15) is 52.9 Å². The van der Waals surface area contributed by atoms with E-state index >= 15 is 0 Å². The highest BCUT2D eigenvalue weighted by Gasteiger charge is 2.46. The number of hydrogen-bond acceptors (Lipinski definition) is 4. The number of imide groups is 1. The zero-order valence-electron chi connectivity index (χ0n) is 13.4. The third kappa shape index (κ3) is 3.14. The van der Waals surface area contributed by atoms with Gasteiger partial charge in [0, 0.05) is 30.7 Å². The summed E-state index contributed by atoms with van der Waals surface area (Å²) in [6, 6.07) is 0.299. The lowest BCUT2D eigenvalue weighted by molar-refractivity contribution is -0.139. The normalized spacial score (nSPS) is 29.5. The Labute approximate surface area is 127 Å². The number of piperidine rings is 1.